The van der Waals surface area contributed by atoms with E-state index in [1.807, 2.05) is 36.5 Å². The summed E-state index contributed by atoms with van der Waals surface area (Å²) in [6.45, 7) is 7.19. The maximum Gasteiger partial charge on any atom is 0.162 e. The van der Waals surface area contributed by atoms with Gasteiger partial charge in [-0.1, -0.05) is 56.3 Å². The number of rotatable bonds is 4. The fourth-order valence-corrected chi connectivity index (χ4v) is 5.85. The molecular formula is C29H29BrN2O2. The van der Waals surface area contributed by atoms with Gasteiger partial charge in [-0.3, -0.25) is 4.79 Å². The lowest BCUT2D eigenvalue weighted by molar-refractivity contribution is -0.118. The average molecular weight is 517 g/mol. The van der Waals surface area contributed by atoms with Crippen molar-refractivity contribution in [3.05, 3.63) is 99.3 Å². The van der Waals surface area contributed by atoms with Gasteiger partial charge in [0.2, 0.25) is 0 Å². The number of Topliss-reactive ketones (excluding diaryl/α,β-unsaturated/α-hetero) is 1. The van der Waals surface area contributed by atoms with E-state index in [2.05, 4.69) is 71.9 Å². The fraction of sp³-hybridized carbons (Fsp3) is 0.310. The van der Waals surface area contributed by atoms with Crippen LogP contribution in [0.4, 0.5) is 5.82 Å². The van der Waals surface area contributed by atoms with Crippen molar-refractivity contribution in [3.8, 4) is 5.75 Å². The molecule has 34 heavy (non-hydrogen) atoms. The molecule has 0 amide bonds. The monoisotopic (exact) mass is 516 g/mol. The molecule has 0 N–H and O–H groups in total. The van der Waals surface area contributed by atoms with Crippen molar-refractivity contribution in [3.63, 3.8) is 0 Å². The van der Waals surface area contributed by atoms with Crippen molar-refractivity contribution >= 4 is 27.5 Å². The van der Waals surface area contributed by atoms with Crippen LogP contribution >= 0.6 is 15.9 Å². The van der Waals surface area contributed by atoms with Crippen LogP contribution in [0.5, 0.6) is 5.75 Å². The molecule has 3 aromatic rings. The number of allylic oxidation sites excluding steroid dienone is 2. The Morgan fingerprint density at radius 2 is 1.74 bits per heavy atom. The van der Waals surface area contributed by atoms with Gasteiger partial charge in [-0.15, -0.1) is 0 Å². The van der Waals surface area contributed by atoms with Gasteiger partial charge in [-0.2, -0.15) is 0 Å². The Bertz CT molecular complexity index is 1280. The van der Waals surface area contributed by atoms with E-state index in [0.717, 1.165) is 50.4 Å². The van der Waals surface area contributed by atoms with Crippen LogP contribution in [0.1, 0.15) is 50.3 Å². The van der Waals surface area contributed by atoms with Gasteiger partial charge in [0.15, 0.2) is 5.78 Å². The first-order valence-electron chi connectivity index (χ1n) is 11.6. The second-order valence-corrected chi connectivity index (χ2v) is 11.1. The third-order valence-corrected chi connectivity index (χ3v) is 7.59. The highest BCUT2D eigenvalue weighted by Crippen LogP contribution is 2.54. The van der Waals surface area contributed by atoms with Crippen LogP contribution in [0.15, 0.2) is 82.6 Å². The summed E-state index contributed by atoms with van der Waals surface area (Å²) < 4.78 is 6.25. The van der Waals surface area contributed by atoms with Gasteiger partial charge in [-0.25, -0.2) is 4.98 Å². The molecule has 2 aliphatic rings. The third-order valence-electron chi connectivity index (χ3n) is 7.16. The molecule has 0 bridgehead atoms. The normalized spacial score (nSPS) is 21.2. The van der Waals surface area contributed by atoms with Crippen LogP contribution in [-0.2, 0) is 16.8 Å². The minimum absolute atomic E-state index is 0.113. The molecule has 174 valence electrons. The number of benzene rings is 2. The minimum Gasteiger partial charge on any atom is -0.497 e. The van der Waals surface area contributed by atoms with Gasteiger partial charge in [0.25, 0.3) is 0 Å². The van der Waals surface area contributed by atoms with Crippen molar-refractivity contribution in [2.24, 2.45) is 5.41 Å². The van der Waals surface area contributed by atoms with Gasteiger partial charge in [0.05, 0.1) is 12.5 Å². The molecule has 4 nitrogen and oxygen atoms in total. The number of hydrogen-bond acceptors (Lipinski definition) is 4. The standard InChI is InChI=1S/C29H29BrN2O2/c1-28(2)15-24-26(25(33)16-28)29(3,20-8-6-5-7-9-20)23-14-21(30)17-31-27(23)32(24)18-19-10-12-22(34-4)13-11-19/h5-14,17H,15-16,18H2,1-4H3/t29-/m0/s1. The molecular weight excluding hydrogens is 488 g/mol. The molecule has 0 saturated carbocycles. The molecule has 0 spiro atoms. The second-order valence-electron chi connectivity index (χ2n) is 10.2. The van der Waals surface area contributed by atoms with Crippen molar-refractivity contribution < 1.29 is 9.53 Å². The molecule has 1 aliphatic heterocycles. The second kappa shape index (κ2) is 8.38. The van der Waals surface area contributed by atoms with E-state index >= 15 is 0 Å². The summed E-state index contributed by atoms with van der Waals surface area (Å²) in [5, 5.41) is 0. The molecule has 2 heterocycles. The summed E-state index contributed by atoms with van der Waals surface area (Å²) in [6.07, 6.45) is 3.22. The number of aromatic nitrogens is 1. The number of hydrogen-bond donors (Lipinski definition) is 0. The van der Waals surface area contributed by atoms with Gasteiger partial charge in [0.1, 0.15) is 11.6 Å². The Kier molecular flexibility index (Phi) is 5.64. The molecule has 0 fully saturated rings. The number of pyridine rings is 1. The highest BCUT2D eigenvalue weighted by molar-refractivity contribution is 9.10. The highest BCUT2D eigenvalue weighted by atomic mass is 79.9. The number of nitrogens with zero attached hydrogens (tertiary/aromatic N) is 2. The van der Waals surface area contributed by atoms with Crippen LogP contribution in [-0.4, -0.2) is 17.9 Å². The molecule has 1 aromatic heterocycles. The number of fused-ring (bicyclic) bond motifs is 1. The maximum atomic E-state index is 13.9. The Hall–Kier alpha value is -2.92. The predicted molar refractivity (Wildman–Crippen MR) is 139 cm³/mol. The summed E-state index contributed by atoms with van der Waals surface area (Å²) in [6, 6.07) is 20.6. The number of methoxy groups -OCH3 is 1. The summed E-state index contributed by atoms with van der Waals surface area (Å²) in [4.78, 5) is 21.1. The summed E-state index contributed by atoms with van der Waals surface area (Å²) >= 11 is 3.64. The number of ether oxygens (including phenoxy) is 1. The number of carbonyl (C=O) groups is 1. The Morgan fingerprint density at radius 1 is 1.03 bits per heavy atom. The van der Waals surface area contributed by atoms with Crippen LogP contribution in [0.3, 0.4) is 0 Å². The number of anilines is 1. The quantitative estimate of drug-likeness (QED) is 0.381. The lowest BCUT2D eigenvalue weighted by Gasteiger charge is -2.48. The Balaban J connectivity index is 1.76. The zero-order valence-corrected chi connectivity index (χ0v) is 21.6. The first kappa shape index (κ1) is 22.9. The first-order chi connectivity index (χ1) is 16.2. The molecule has 0 unspecified atom stereocenters. The first-order valence-corrected chi connectivity index (χ1v) is 12.4. The SMILES string of the molecule is COc1ccc(CN2C3=C(C(=O)CC(C)(C)C3)[C@@](C)(c3ccccc3)c3cc(Br)cnc32)cc1. The maximum absolute atomic E-state index is 13.9. The van der Waals surface area contributed by atoms with Crippen molar-refractivity contribution in [2.45, 2.75) is 45.6 Å². The van der Waals surface area contributed by atoms with E-state index in [0.29, 0.717) is 13.0 Å². The van der Waals surface area contributed by atoms with Gasteiger partial charge in [-0.05, 0) is 64.0 Å². The van der Waals surface area contributed by atoms with Crippen LogP contribution in [0, 0.1) is 5.41 Å². The zero-order chi connectivity index (χ0) is 24.1. The molecule has 1 aliphatic carbocycles. The number of ketones is 1. The molecule has 0 saturated heterocycles. The molecule has 5 heteroatoms. The van der Waals surface area contributed by atoms with E-state index in [-0.39, 0.29) is 11.2 Å². The van der Waals surface area contributed by atoms with Crippen molar-refractivity contribution in [1.82, 2.24) is 4.98 Å². The zero-order valence-electron chi connectivity index (χ0n) is 20.1. The summed E-state index contributed by atoms with van der Waals surface area (Å²) in [5.41, 5.74) is 4.60. The van der Waals surface area contributed by atoms with E-state index in [4.69, 9.17) is 9.72 Å². The van der Waals surface area contributed by atoms with Crippen LogP contribution in [0.2, 0.25) is 0 Å². The van der Waals surface area contributed by atoms with Crippen LogP contribution in [0.25, 0.3) is 0 Å². The van der Waals surface area contributed by atoms with Crippen molar-refractivity contribution in [1.29, 1.82) is 0 Å². The van der Waals surface area contributed by atoms with Gasteiger partial charge < -0.3 is 9.64 Å². The minimum atomic E-state index is -0.577. The molecule has 2 aromatic carbocycles. The summed E-state index contributed by atoms with van der Waals surface area (Å²) in [5.74, 6) is 1.97. The van der Waals surface area contributed by atoms with E-state index in [1.165, 1.54) is 0 Å². The topological polar surface area (TPSA) is 42.4 Å². The smallest absolute Gasteiger partial charge is 0.162 e. The molecule has 0 radical (unpaired) electrons. The lowest BCUT2D eigenvalue weighted by Crippen LogP contribution is -2.46. The lowest BCUT2D eigenvalue weighted by atomic mass is 9.61. The van der Waals surface area contributed by atoms with Crippen LogP contribution < -0.4 is 9.64 Å². The predicted octanol–water partition coefficient (Wildman–Crippen LogP) is 6.82. The van der Waals surface area contributed by atoms with E-state index < -0.39 is 5.41 Å². The highest BCUT2D eigenvalue weighted by Gasteiger charge is 2.50. The van der Waals surface area contributed by atoms with Gasteiger partial charge >= 0.3 is 0 Å². The fourth-order valence-electron chi connectivity index (χ4n) is 5.52. The molecule has 1 atom stereocenters. The van der Waals surface area contributed by atoms with E-state index in [9.17, 15) is 4.79 Å². The van der Waals surface area contributed by atoms with E-state index in [1.54, 1.807) is 7.11 Å². The largest absolute Gasteiger partial charge is 0.497 e. The summed E-state index contributed by atoms with van der Waals surface area (Å²) in [7, 11) is 1.68. The Morgan fingerprint density at radius 3 is 2.41 bits per heavy atom. The van der Waals surface area contributed by atoms with Crippen molar-refractivity contribution in [2.75, 3.05) is 12.0 Å². The Labute approximate surface area is 209 Å². The van der Waals surface area contributed by atoms with Gasteiger partial charge in [0, 0.05) is 40.5 Å². The number of halogens is 1. The third kappa shape index (κ3) is 3.76. The average Bonchev–Trinajstić information content (AvgIpc) is 2.81. The number of carbonyl (C=O) groups excluding carboxylic acids is 1. The molecule has 5 rings (SSSR count).